The predicted octanol–water partition coefficient (Wildman–Crippen LogP) is 0.262. The first-order valence-corrected chi connectivity index (χ1v) is 4.65. The van der Waals surface area contributed by atoms with Gasteiger partial charge in [-0.2, -0.15) is 5.10 Å². The number of ketones is 1. The van der Waals surface area contributed by atoms with Gasteiger partial charge in [0.15, 0.2) is 0 Å². The maximum Gasteiger partial charge on any atom is 0.230 e. The minimum atomic E-state index is -0.109. The zero-order chi connectivity index (χ0) is 10.8. The fourth-order valence-electron chi connectivity index (χ4n) is 1.39. The molecule has 0 saturated carbocycles. The summed E-state index contributed by atoms with van der Waals surface area (Å²) >= 11 is 0. The van der Waals surface area contributed by atoms with Crippen molar-refractivity contribution in [1.29, 1.82) is 0 Å². The number of nitrogens with zero attached hydrogens (tertiary/aromatic N) is 5. The van der Waals surface area contributed by atoms with Gasteiger partial charge in [-0.1, -0.05) is 5.21 Å². The van der Waals surface area contributed by atoms with Crippen LogP contribution in [-0.2, 0) is 13.6 Å². The SMILES string of the molecule is CCn1nncc1C(=O)c1ccnn1C. The first-order valence-electron chi connectivity index (χ1n) is 4.65. The molecule has 6 nitrogen and oxygen atoms in total. The van der Waals surface area contributed by atoms with Crippen LogP contribution in [0.5, 0.6) is 0 Å². The van der Waals surface area contributed by atoms with Gasteiger partial charge >= 0.3 is 0 Å². The van der Waals surface area contributed by atoms with E-state index in [0.29, 0.717) is 17.9 Å². The number of carbonyl (C=O) groups excluding carboxylic acids is 1. The van der Waals surface area contributed by atoms with Crippen LogP contribution in [0.3, 0.4) is 0 Å². The maximum atomic E-state index is 12.0. The summed E-state index contributed by atoms with van der Waals surface area (Å²) < 4.78 is 3.10. The molecule has 15 heavy (non-hydrogen) atoms. The fraction of sp³-hybridized carbons (Fsp3) is 0.333. The molecule has 0 bridgehead atoms. The monoisotopic (exact) mass is 205 g/mol. The lowest BCUT2D eigenvalue weighted by atomic mass is 10.2. The highest BCUT2D eigenvalue weighted by atomic mass is 16.1. The zero-order valence-corrected chi connectivity index (χ0v) is 8.58. The molecule has 6 heteroatoms. The molecule has 0 fully saturated rings. The average Bonchev–Trinajstić information content (AvgIpc) is 2.84. The van der Waals surface area contributed by atoms with Crippen LogP contribution >= 0.6 is 0 Å². The molecule has 0 aliphatic carbocycles. The summed E-state index contributed by atoms with van der Waals surface area (Å²) in [4.78, 5) is 12.0. The zero-order valence-electron chi connectivity index (χ0n) is 8.58. The Bertz CT molecular complexity index is 484. The molecular formula is C9H11N5O. The van der Waals surface area contributed by atoms with Crippen molar-refractivity contribution >= 4 is 5.78 Å². The van der Waals surface area contributed by atoms with Gasteiger partial charge in [-0.05, 0) is 13.0 Å². The van der Waals surface area contributed by atoms with E-state index in [-0.39, 0.29) is 5.78 Å². The van der Waals surface area contributed by atoms with Crippen LogP contribution < -0.4 is 0 Å². The molecule has 0 spiro atoms. The highest BCUT2D eigenvalue weighted by Gasteiger charge is 2.17. The lowest BCUT2D eigenvalue weighted by molar-refractivity contribution is 0.102. The molecule has 2 rings (SSSR count). The molecule has 0 aliphatic rings. The lowest BCUT2D eigenvalue weighted by Gasteiger charge is -2.02. The van der Waals surface area contributed by atoms with Crippen molar-refractivity contribution in [3.8, 4) is 0 Å². The van der Waals surface area contributed by atoms with Gasteiger partial charge in [0.25, 0.3) is 0 Å². The third kappa shape index (κ3) is 1.54. The van der Waals surface area contributed by atoms with Crippen molar-refractivity contribution in [1.82, 2.24) is 24.8 Å². The van der Waals surface area contributed by atoms with Crippen LogP contribution in [0.4, 0.5) is 0 Å². The Balaban J connectivity index is 2.41. The first kappa shape index (κ1) is 9.57. The van der Waals surface area contributed by atoms with Crippen molar-refractivity contribution < 1.29 is 4.79 Å². The average molecular weight is 205 g/mol. The quantitative estimate of drug-likeness (QED) is 0.674. The summed E-state index contributed by atoms with van der Waals surface area (Å²) in [7, 11) is 1.73. The Morgan fingerprint density at radius 1 is 1.47 bits per heavy atom. The number of aryl methyl sites for hydroxylation is 2. The van der Waals surface area contributed by atoms with E-state index < -0.39 is 0 Å². The van der Waals surface area contributed by atoms with E-state index in [0.717, 1.165) is 0 Å². The van der Waals surface area contributed by atoms with Crippen LogP contribution in [0.1, 0.15) is 23.1 Å². The molecule has 2 heterocycles. The Morgan fingerprint density at radius 2 is 2.27 bits per heavy atom. The van der Waals surface area contributed by atoms with Gasteiger partial charge in [0, 0.05) is 19.8 Å². The van der Waals surface area contributed by atoms with Crippen LogP contribution in [0.2, 0.25) is 0 Å². The normalized spacial score (nSPS) is 10.5. The number of carbonyl (C=O) groups is 1. The van der Waals surface area contributed by atoms with E-state index >= 15 is 0 Å². The summed E-state index contributed by atoms with van der Waals surface area (Å²) in [6.45, 7) is 2.54. The van der Waals surface area contributed by atoms with Gasteiger partial charge in [0.1, 0.15) is 11.4 Å². The van der Waals surface area contributed by atoms with Crippen molar-refractivity contribution in [2.45, 2.75) is 13.5 Å². The number of aromatic nitrogens is 5. The van der Waals surface area contributed by atoms with Crippen LogP contribution in [0.15, 0.2) is 18.5 Å². The molecule has 0 N–H and O–H groups in total. The van der Waals surface area contributed by atoms with E-state index in [2.05, 4.69) is 15.4 Å². The summed E-state index contributed by atoms with van der Waals surface area (Å²) in [5, 5.41) is 11.5. The van der Waals surface area contributed by atoms with E-state index in [1.807, 2.05) is 6.92 Å². The van der Waals surface area contributed by atoms with Crippen LogP contribution in [-0.4, -0.2) is 30.6 Å². The predicted molar refractivity (Wildman–Crippen MR) is 52.3 cm³/mol. The van der Waals surface area contributed by atoms with Crippen LogP contribution in [0, 0.1) is 0 Å². The number of hydrogen-bond acceptors (Lipinski definition) is 4. The van der Waals surface area contributed by atoms with Gasteiger partial charge < -0.3 is 0 Å². The van der Waals surface area contributed by atoms with Crippen LogP contribution in [0.25, 0.3) is 0 Å². The summed E-state index contributed by atoms with van der Waals surface area (Å²) in [6, 6.07) is 1.68. The van der Waals surface area contributed by atoms with E-state index in [1.165, 1.54) is 10.9 Å². The lowest BCUT2D eigenvalue weighted by Crippen LogP contribution is -2.13. The van der Waals surface area contributed by atoms with Gasteiger partial charge in [0.05, 0.1) is 6.20 Å². The fourth-order valence-corrected chi connectivity index (χ4v) is 1.39. The summed E-state index contributed by atoms with van der Waals surface area (Å²) in [5.74, 6) is -0.109. The second-order valence-corrected chi connectivity index (χ2v) is 3.10. The molecule has 0 radical (unpaired) electrons. The molecule has 0 atom stereocenters. The third-order valence-electron chi connectivity index (χ3n) is 2.20. The number of rotatable bonds is 3. The first-order chi connectivity index (χ1) is 7.24. The Morgan fingerprint density at radius 3 is 2.87 bits per heavy atom. The van der Waals surface area contributed by atoms with Gasteiger partial charge in [0.2, 0.25) is 5.78 Å². The molecule has 78 valence electrons. The Kier molecular flexibility index (Phi) is 2.32. The minimum absolute atomic E-state index is 0.109. The van der Waals surface area contributed by atoms with E-state index in [4.69, 9.17) is 0 Å². The molecular weight excluding hydrogens is 194 g/mol. The smallest absolute Gasteiger partial charge is 0.230 e. The molecule has 0 saturated heterocycles. The maximum absolute atomic E-state index is 12.0. The topological polar surface area (TPSA) is 65.6 Å². The van der Waals surface area contributed by atoms with E-state index in [1.54, 1.807) is 24.0 Å². The molecule has 0 amide bonds. The highest BCUT2D eigenvalue weighted by molar-refractivity contribution is 6.06. The minimum Gasteiger partial charge on any atom is -0.285 e. The second kappa shape index (κ2) is 3.64. The third-order valence-corrected chi connectivity index (χ3v) is 2.20. The highest BCUT2D eigenvalue weighted by Crippen LogP contribution is 2.06. The van der Waals surface area contributed by atoms with Crippen molar-refractivity contribution in [3.05, 3.63) is 29.8 Å². The Hall–Kier alpha value is -1.98. The summed E-state index contributed by atoms with van der Waals surface area (Å²) in [5.41, 5.74) is 1.02. The molecule has 2 aromatic heterocycles. The van der Waals surface area contributed by atoms with E-state index in [9.17, 15) is 4.79 Å². The molecule has 0 aromatic carbocycles. The number of hydrogen-bond donors (Lipinski definition) is 0. The largest absolute Gasteiger partial charge is 0.285 e. The van der Waals surface area contributed by atoms with Crippen molar-refractivity contribution in [2.75, 3.05) is 0 Å². The van der Waals surface area contributed by atoms with Gasteiger partial charge in [-0.15, -0.1) is 5.10 Å². The standard InChI is InChI=1S/C9H11N5O/c1-3-14-8(6-10-12-14)9(15)7-4-5-11-13(7)2/h4-6H,3H2,1-2H3. The molecule has 0 unspecified atom stereocenters. The van der Waals surface area contributed by atoms with Crippen molar-refractivity contribution in [2.24, 2.45) is 7.05 Å². The summed E-state index contributed by atoms with van der Waals surface area (Å²) in [6.07, 6.45) is 3.06. The van der Waals surface area contributed by atoms with Gasteiger partial charge in [-0.3, -0.25) is 9.48 Å². The molecule has 2 aromatic rings. The van der Waals surface area contributed by atoms with Gasteiger partial charge in [-0.25, -0.2) is 4.68 Å². The second-order valence-electron chi connectivity index (χ2n) is 3.10. The molecule has 0 aliphatic heterocycles. The Labute approximate surface area is 86.5 Å². The van der Waals surface area contributed by atoms with Crippen molar-refractivity contribution in [3.63, 3.8) is 0 Å².